The van der Waals surface area contributed by atoms with Crippen LogP contribution in [-0.2, 0) is 11.8 Å². The van der Waals surface area contributed by atoms with Crippen LogP contribution < -0.4 is 0 Å². The van der Waals surface area contributed by atoms with Crippen LogP contribution in [0.15, 0.2) is 24.3 Å². The number of aromatic nitrogens is 1. The predicted octanol–water partition coefficient (Wildman–Crippen LogP) is 3.68. The molecule has 1 aromatic rings. The lowest BCUT2D eigenvalue weighted by Crippen LogP contribution is -2.26. The molecule has 1 aliphatic carbocycles. The zero-order valence-corrected chi connectivity index (χ0v) is 10.1. The molecule has 0 radical (unpaired) electrons. The van der Waals surface area contributed by atoms with Gasteiger partial charge in [-0.1, -0.05) is 29.8 Å². The van der Waals surface area contributed by atoms with Crippen molar-refractivity contribution in [2.75, 3.05) is 0 Å². The van der Waals surface area contributed by atoms with Crippen LogP contribution >= 0.6 is 11.6 Å². The van der Waals surface area contributed by atoms with Gasteiger partial charge in [-0.2, -0.15) is 13.2 Å². The largest absolute Gasteiger partial charge is 0.433 e. The van der Waals surface area contributed by atoms with Gasteiger partial charge in [-0.15, -0.1) is 0 Å². The quantitative estimate of drug-likeness (QED) is 0.627. The van der Waals surface area contributed by atoms with Gasteiger partial charge < -0.3 is 5.11 Å². The average molecular weight is 278 g/mol. The Morgan fingerprint density at radius 2 is 2.06 bits per heavy atom. The highest BCUT2D eigenvalue weighted by molar-refractivity contribution is 6.30. The van der Waals surface area contributed by atoms with Crippen molar-refractivity contribution in [3.05, 3.63) is 40.7 Å². The van der Waals surface area contributed by atoms with Crippen molar-refractivity contribution < 1.29 is 18.3 Å². The van der Waals surface area contributed by atoms with Crippen LogP contribution in [0.2, 0.25) is 5.15 Å². The lowest BCUT2D eigenvalue weighted by atomic mass is 9.85. The van der Waals surface area contributed by atoms with Crippen molar-refractivity contribution in [3.8, 4) is 0 Å². The van der Waals surface area contributed by atoms with Crippen LogP contribution in [0.3, 0.4) is 0 Å². The van der Waals surface area contributed by atoms with Crippen LogP contribution in [0.4, 0.5) is 13.2 Å². The normalized spacial score (nSPS) is 24.3. The van der Waals surface area contributed by atoms with E-state index in [1.807, 2.05) is 0 Å². The fourth-order valence-electron chi connectivity index (χ4n) is 1.99. The first kappa shape index (κ1) is 13.4. The van der Waals surface area contributed by atoms with Crippen molar-refractivity contribution in [3.63, 3.8) is 0 Å². The highest BCUT2D eigenvalue weighted by Crippen LogP contribution is 2.37. The molecule has 0 amide bonds. The lowest BCUT2D eigenvalue weighted by Gasteiger charge is -2.28. The molecular formula is C12H11ClF3NO. The van der Waals surface area contributed by atoms with Gasteiger partial charge in [-0.05, 0) is 25.3 Å². The van der Waals surface area contributed by atoms with E-state index in [0.29, 0.717) is 6.42 Å². The van der Waals surface area contributed by atoms with Crippen molar-refractivity contribution in [1.29, 1.82) is 0 Å². The molecule has 18 heavy (non-hydrogen) atoms. The number of hydrogen-bond donors (Lipinski definition) is 1. The van der Waals surface area contributed by atoms with E-state index >= 15 is 0 Å². The van der Waals surface area contributed by atoms with E-state index in [4.69, 9.17) is 11.6 Å². The summed E-state index contributed by atoms with van der Waals surface area (Å²) in [5.41, 5.74) is -2.15. The highest BCUT2D eigenvalue weighted by Gasteiger charge is 2.36. The molecule has 2 rings (SSSR count). The van der Waals surface area contributed by atoms with E-state index in [0.717, 1.165) is 18.9 Å². The number of aliphatic hydroxyl groups is 1. The molecule has 1 N–H and O–H groups in total. The van der Waals surface area contributed by atoms with Gasteiger partial charge in [-0.3, -0.25) is 0 Å². The number of allylic oxidation sites excluding steroid dienone is 1. The molecular weight excluding hydrogens is 267 g/mol. The first-order valence-electron chi connectivity index (χ1n) is 5.47. The molecule has 0 aliphatic heterocycles. The Balaban J connectivity index is 2.42. The number of nitrogens with zero attached hydrogens (tertiary/aromatic N) is 1. The SMILES string of the molecule is OC1(c2ccc(C(F)(F)F)nc2Cl)C=CCCC1. The lowest BCUT2D eigenvalue weighted by molar-refractivity contribution is -0.141. The third kappa shape index (κ3) is 2.52. The van der Waals surface area contributed by atoms with Gasteiger partial charge in [0.2, 0.25) is 0 Å². The molecule has 0 fully saturated rings. The first-order valence-corrected chi connectivity index (χ1v) is 5.85. The maximum Gasteiger partial charge on any atom is 0.433 e. The summed E-state index contributed by atoms with van der Waals surface area (Å²) in [6.45, 7) is 0. The van der Waals surface area contributed by atoms with Gasteiger partial charge in [0.25, 0.3) is 0 Å². The molecule has 6 heteroatoms. The number of halogens is 4. The molecule has 0 saturated carbocycles. The molecule has 0 aromatic carbocycles. The Kier molecular flexibility index (Phi) is 3.38. The molecule has 0 bridgehead atoms. The summed E-state index contributed by atoms with van der Waals surface area (Å²) >= 11 is 5.75. The molecule has 1 aliphatic rings. The van der Waals surface area contributed by atoms with Crippen molar-refractivity contribution in [2.45, 2.75) is 31.0 Å². The topological polar surface area (TPSA) is 33.1 Å². The Labute approximate surface area is 107 Å². The van der Waals surface area contributed by atoms with Gasteiger partial charge in [0.1, 0.15) is 16.4 Å². The van der Waals surface area contributed by atoms with Gasteiger partial charge in [0.15, 0.2) is 0 Å². The summed E-state index contributed by atoms with van der Waals surface area (Å²) in [5.74, 6) is 0. The third-order valence-electron chi connectivity index (χ3n) is 2.93. The summed E-state index contributed by atoms with van der Waals surface area (Å²) in [4.78, 5) is 3.31. The minimum absolute atomic E-state index is 0.216. The third-order valence-corrected chi connectivity index (χ3v) is 3.22. The van der Waals surface area contributed by atoms with E-state index in [9.17, 15) is 18.3 Å². The number of alkyl halides is 3. The second-order valence-corrected chi connectivity index (χ2v) is 4.61. The summed E-state index contributed by atoms with van der Waals surface area (Å²) in [6, 6.07) is 2.02. The van der Waals surface area contributed by atoms with Gasteiger partial charge in [-0.25, -0.2) is 4.98 Å². The molecule has 1 atom stereocenters. The van der Waals surface area contributed by atoms with E-state index in [1.54, 1.807) is 12.2 Å². The number of rotatable bonds is 1. The van der Waals surface area contributed by atoms with Crippen LogP contribution in [0.5, 0.6) is 0 Å². The minimum Gasteiger partial charge on any atom is -0.381 e. The second-order valence-electron chi connectivity index (χ2n) is 4.25. The number of pyridine rings is 1. The average Bonchev–Trinajstić information content (AvgIpc) is 2.28. The van der Waals surface area contributed by atoms with Gasteiger partial charge in [0, 0.05) is 5.56 Å². The maximum absolute atomic E-state index is 12.4. The van der Waals surface area contributed by atoms with Gasteiger partial charge >= 0.3 is 6.18 Å². The minimum atomic E-state index is -4.53. The van der Waals surface area contributed by atoms with Crippen LogP contribution in [0.25, 0.3) is 0 Å². The van der Waals surface area contributed by atoms with E-state index in [-0.39, 0.29) is 10.7 Å². The van der Waals surface area contributed by atoms with Crippen molar-refractivity contribution >= 4 is 11.6 Å². The van der Waals surface area contributed by atoms with E-state index in [1.165, 1.54) is 6.07 Å². The zero-order chi connectivity index (χ0) is 13.4. The Morgan fingerprint density at radius 3 is 2.56 bits per heavy atom. The summed E-state index contributed by atoms with van der Waals surface area (Å²) in [5, 5.41) is 10.0. The van der Waals surface area contributed by atoms with E-state index < -0.39 is 17.5 Å². The number of hydrogen-bond acceptors (Lipinski definition) is 2. The van der Waals surface area contributed by atoms with Crippen LogP contribution in [0.1, 0.15) is 30.5 Å². The maximum atomic E-state index is 12.4. The fraction of sp³-hybridized carbons (Fsp3) is 0.417. The Hall–Kier alpha value is -1.07. The molecule has 1 aromatic heterocycles. The molecule has 2 nitrogen and oxygen atoms in total. The standard InChI is InChI=1S/C12H11ClF3NO/c13-10-8(11(18)6-2-1-3-7-11)4-5-9(17-10)12(14,15)16/h2,4-6,18H,1,3,7H2. The molecule has 0 spiro atoms. The summed E-state index contributed by atoms with van der Waals surface area (Å²) in [7, 11) is 0. The second kappa shape index (κ2) is 4.55. The summed E-state index contributed by atoms with van der Waals surface area (Å²) in [6.07, 6.45) is 0.839. The fourth-order valence-corrected chi connectivity index (χ4v) is 2.31. The van der Waals surface area contributed by atoms with Crippen molar-refractivity contribution in [1.82, 2.24) is 4.98 Å². The molecule has 98 valence electrons. The van der Waals surface area contributed by atoms with Crippen LogP contribution in [0, 0.1) is 0 Å². The molecule has 0 saturated heterocycles. The smallest absolute Gasteiger partial charge is 0.381 e. The van der Waals surface area contributed by atoms with Crippen molar-refractivity contribution in [2.24, 2.45) is 0 Å². The Bertz CT molecular complexity index is 487. The van der Waals surface area contributed by atoms with Crippen LogP contribution in [-0.4, -0.2) is 10.1 Å². The first-order chi connectivity index (χ1) is 8.33. The summed E-state index contributed by atoms with van der Waals surface area (Å²) < 4.78 is 37.3. The van der Waals surface area contributed by atoms with Gasteiger partial charge in [0.05, 0.1) is 0 Å². The Morgan fingerprint density at radius 1 is 1.33 bits per heavy atom. The molecule has 1 heterocycles. The monoisotopic (exact) mass is 277 g/mol. The highest BCUT2D eigenvalue weighted by atomic mass is 35.5. The molecule has 1 unspecified atom stereocenters. The predicted molar refractivity (Wildman–Crippen MR) is 61.1 cm³/mol. The zero-order valence-electron chi connectivity index (χ0n) is 9.34. The van der Waals surface area contributed by atoms with E-state index in [2.05, 4.69) is 4.98 Å².